The molecule has 0 aromatic carbocycles. The van der Waals surface area contributed by atoms with Gasteiger partial charge in [-0.05, 0) is 25.3 Å². The Hall–Kier alpha value is -2.66. The molecule has 0 unspecified atom stereocenters. The predicted octanol–water partition coefficient (Wildman–Crippen LogP) is 0.212. The number of unbranched alkanes of at least 4 members (excludes halogenated alkanes) is 2. The van der Waals surface area contributed by atoms with Crippen molar-refractivity contribution in [2.24, 2.45) is 0 Å². The number of nitrogens with one attached hydrogen (secondary N) is 2. The Morgan fingerprint density at radius 1 is 0.448 bits per heavy atom. The molecule has 0 radical (unpaired) electrons. The lowest BCUT2D eigenvalue weighted by Gasteiger charge is -2.14. The normalized spacial score (nSPS) is 11.3. The Morgan fingerprint density at radius 2 is 0.759 bits per heavy atom. The van der Waals surface area contributed by atoms with Gasteiger partial charge in [-0.1, -0.05) is 0 Å². The lowest BCUT2D eigenvalue weighted by molar-refractivity contribution is -0.126. The second-order valence-corrected chi connectivity index (χ2v) is 12.2. The molecule has 0 saturated heterocycles. The number of hydrogen-bond donors (Lipinski definition) is 2. The van der Waals surface area contributed by atoms with Gasteiger partial charge in [0.15, 0.2) is 0 Å². The number of nitrogens with zero attached hydrogens (tertiary/aromatic N) is 1. The number of aldehydes is 1. The Balaban J connectivity index is 3.23. The topological polar surface area (TPSA) is 206 Å². The van der Waals surface area contributed by atoms with Crippen LogP contribution in [0.1, 0.15) is 32.1 Å². The second kappa shape index (κ2) is 47.0. The number of hydrogen-bond acceptors (Lipinski definition) is 16. The Labute approximate surface area is 345 Å². The molecule has 0 aromatic heterocycles. The molecule has 0 fully saturated rings. The van der Waals surface area contributed by atoms with Gasteiger partial charge in [-0.25, -0.2) is 0 Å². The lowest BCUT2D eigenvalue weighted by Crippen LogP contribution is -2.32. The van der Waals surface area contributed by atoms with Crippen LogP contribution in [0, 0.1) is 0 Å². The van der Waals surface area contributed by atoms with Gasteiger partial charge in [0.1, 0.15) is 6.29 Å². The standard InChI is InChI=1S/C39H73N3O16/c1-42(39(46)7-6-13-43)12-8-37(44)40-10-4-3-5-11-41-38(45)9-14-48-17-18-50-21-22-52-25-26-54-29-30-56-33-34-58-36-35-57-32-31-55-28-27-53-24-23-51-20-19-49-16-15-47-2/h6-7,13H,3-5,8-12,14-36H2,1-2H3,(H,40,44)(H,41,45)/b7-6-. The highest BCUT2D eigenvalue weighted by atomic mass is 16.6. The predicted molar refractivity (Wildman–Crippen MR) is 213 cm³/mol. The Morgan fingerprint density at radius 3 is 1.09 bits per heavy atom. The van der Waals surface area contributed by atoms with Crippen molar-refractivity contribution in [2.45, 2.75) is 32.1 Å². The van der Waals surface area contributed by atoms with E-state index in [9.17, 15) is 19.2 Å². The summed E-state index contributed by atoms with van der Waals surface area (Å²) in [7, 11) is 3.21. The quantitative estimate of drug-likeness (QED) is 0.0478. The Kier molecular flexibility index (Phi) is 44.9. The van der Waals surface area contributed by atoms with Gasteiger partial charge in [0.25, 0.3) is 0 Å². The van der Waals surface area contributed by atoms with E-state index in [4.69, 9.17) is 56.8 Å². The summed E-state index contributed by atoms with van der Waals surface area (Å²) >= 11 is 0. The first-order chi connectivity index (χ1) is 28.5. The largest absolute Gasteiger partial charge is 0.382 e. The summed E-state index contributed by atoms with van der Waals surface area (Å²) in [5.74, 6) is -0.544. The van der Waals surface area contributed by atoms with Crippen LogP contribution >= 0.6 is 0 Å². The molecule has 19 nitrogen and oxygen atoms in total. The summed E-state index contributed by atoms with van der Waals surface area (Å²) < 4.78 is 64.8. The molecule has 0 heterocycles. The summed E-state index contributed by atoms with van der Waals surface area (Å²) in [5, 5.41) is 5.68. The van der Waals surface area contributed by atoms with E-state index in [0.717, 1.165) is 31.4 Å². The van der Waals surface area contributed by atoms with Crippen LogP contribution in [0.3, 0.4) is 0 Å². The first-order valence-electron chi connectivity index (χ1n) is 20.3. The van der Waals surface area contributed by atoms with Crippen molar-refractivity contribution in [3.05, 3.63) is 12.2 Å². The van der Waals surface area contributed by atoms with Gasteiger partial charge in [0.2, 0.25) is 17.7 Å². The van der Waals surface area contributed by atoms with E-state index in [2.05, 4.69) is 10.6 Å². The van der Waals surface area contributed by atoms with E-state index in [1.54, 1.807) is 14.2 Å². The van der Waals surface area contributed by atoms with Gasteiger partial charge in [-0.3, -0.25) is 19.2 Å². The molecule has 0 spiro atoms. The third kappa shape index (κ3) is 44.4. The summed E-state index contributed by atoms with van der Waals surface area (Å²) in [5.41, 5.74) is 0. The molecule has 0 aliphatic rings. The highest BCUT2D eigenvalue weighted by Crippen LogP contribution is 1.96. The third-order valence-corrected chi connectivity index (χ3v) is 7.49. The summed E-state index contributed by atoms with van der Waals surface area (Å²) in [6.45, 7) is 12.5. The molecule has 0 aliphatic carbocycles. The van der Waals surface area contributed by atoms with Crippen LogP contribution in [0.2, 0.25) is 0 Å². The van der Waals surface area contributed by atoms with E-state index in [1.165, 1.54) is 4.90 Å². The van der Waals surface area contributed by atoms with Gasteiger partial charge in [-0.2, -0.15) is 0 Å². The fraction of sp³-hybridized carbons (Fsp3) is 0.846. The van der Waals surface area contributed by atoms with Gasteiger partial charge >= 0.3 is 0 Å². The molecule has 340 valence electrons. The molecule has 2 N–H and O–H groups in total. The zero-order chi connectivity index (χ0) is 42.3. The first kappa shape index (κ1) is 55.3. The minimum atomic E-state index is -0.330. The van der Waals surface area contributed by atoms with E-state index in [0.29, 0.717) is 171 Å². The van der Waals surface area contributed by atoms with Crippen molar-refractivity contribution in [3.63, 3.8) is 0 Å². The van der Waals surface area contributed by atoms with Gasteiger partial charge in [-0.15, -0.1) is 0 Å². The smallest absolute Gasteiger partial charge is 0.246 e. The number of carbonyl (C=O) groups is 4. The van der Waals surface area contributed by atoms with Crippen LogP contribution in [0.5, 0.6) is 0 Å². The molecule has 0 rings (SSSR count). The molecule has 58 heavy (non-hydrogen) atoms. The van der Waals surface area contributed by atoms with E-state index in [-0.39, 0.29) is 37.1 Å². The average Bonchev–Trinajstić information content (AvgIpc) is 3.22. The van der Waals surface area contributed by atoms with Crippen LogP contribution in [0.4, 0.5) is 0 Å². The van der Waals surface area contributed by atoms with Crippen molar-refractivity contribution < 1.29 is 76.0 Å². The van der Waals surface area contributed by atoms with Crippen LogP contribution < -0.4 is 10.6 Å². The summed E-state index contributed by atoms with van der Waals surface area (Å²) in [4.78, 5) is 47.2. The SMILES string of the molecule is COCCOCCOCCOCCOCCOCCOCCOCCOCCOCCOCCOCCC(=O)NCCCCCNC(=O)CCN(C)C(=O)/C=C\C=O. The number of rotatable bonds is 47. The maximum Gasteiger partial charge on any atom is 0.246 e. The molecular formula is C39H73N3O16. The minimum absolute atomic E-state index is 0.0725. The van der Waals surface area contributed by atoms with Crippen molar-refractivity contribution in [3.8, 4) is 0 Å². The fourth-order valence-electron chi connectivity index (χ4n) is 4.30. The molecule has 0 saturated carbocycles. The monoisotopic (exact) mass is 839 g/mol. The number of amides is 3. The molecule has 3 amide bonds. The molecule has 0 aliphatic heterocycles. The lowest BCUT2D eigenvalue weighted by atomic mass is 10.2. The zero-order valence-electron chi connectivity index (χ0n) is 35.1. The van der Waals surface area contributed by atoms with Crippen molar-refractivity contribution in [2.75, 3.05) is 186 Å². The molecule has 19 heteroatoms. The number of carbonyl (C=O) groups excluding carboxylic acids is 4. The molecule has 0 aromatic rings. The zero-order valence-corrected chi connectivity index (χ0v) is 35.1. The highest BCUT2D eigenvalue weighted by Gasteiger charge is 2.08. The molecule has 0 atom stereocenters. The van der Waals surface area contributed by atoms with Crippen LogP contribution in [0.15, 0.2) is 12.2 Å². The van der Waals surface area contributed by atoms with Crippen LogP contribution in [-0.4, -0.2) is 215 Å². The van der Waals surface area contributed by atoms with Gasteiger partial charge in [0.05, 0.1) is 152 Å². The molecular weight excluding hydrogens is 766 g/mol. The van der Waals surface area contributed by atoms with E-state index < -0.39 is 0 Å². The number of methoxy groups -OCH3 is 1. The summed E-state index contributed by atoms with van der Waals surface area (Å²) in [6, 6.07) is 0. The minimum Gasteiger partial charge on any atom is -0.382 e. The Bertz CT molecular complexity index is 966. The highest BCUT2D eigenvalue weighted by molar-refractivity contribution is 5.91. The first-order valence-corrected chi connectivity index (χ1v) is 20.3. The van der Waals surface area contributed by atoms with Gasteiger partial charge in [0, 0.05) is 52.7 Å². The van der Waals surface area contributed by atoms with Crippen molar-refractivity contribution in [1.82, 2.24) is 15.5 Å². The van der Waals surface area contributed by atoms with E-state index in [1.807, 2.05) is 0 Å². The van der Waals surface area contributed by atoms with Gasteiger partial charge < -0.3 is 72.4 Å². The summed E-state index contributed by atoms with van der Waals surface area (Å²) in [6.07, 6.45) is 5.71. The number of likely N-dealkylation sites (N-methyl/N-ethyl adjacent to an activating group) is 1. The third-order valence-electron chi connectivity index (χ3n) is 7.49. The number of allylic oxidation sites excluding steroid dienone is 1. The van der Waals surface area contributed by atoms with Crippen LogP contribution in [-0.2, 0) is 76.0 Å². The average molecular weight is 840 g/mol. The van der Waals surface area contributed by atoms with Crippen LogP contribution in [0.25, 0.3) is 0 Å². The maximum atomic E-state index is 12.0. The van der Waals surface area contributed by atoms with Crippen molar-refractivity contribution in [1.29, 1.82) is 0 Å². The second-order valence-electron chi connectivity index (χ2n) is 12.2. The number of ether oxygens (including phenoxy) is 12. The molecule has 0 bridgehead atoms. The van der Waals surface area contributed by atoms with Crippen molar-refractivity contribution >= 4 is 24.0 Å². The van der Waals surface area contributed by atoms with E-state index >= 15 is 0 Å². The fourth-order valence-corrected chi connectivity index (χ4v) is 4.30. The maximum absolute atomic E-state index is 12.0.